The summed E-state index contributed by atoms with van der Waals surface area (Å²) < 4.78 is 25.0. The molecular weight excluding hydrogens is 254 g/mol. The summed E-state index contributed by atoms with van der Waals surface area (Å²) in [6, 6.07) is 0. The highest BCUT2D eigenvalue weighted by molar-refractivity contribution is 9.09. The van der Waals surface area contributed by atoms with Crippen LogP contribution in [0.5, 0.6) is 0 Å². The molecule has 0 aromatic heterocycles. The van der Waals surface area contributed by atoms with Gasteiger partial charge in [0.1, 0.15) is 0 Å². The van der Waals surface area contributed by atoms with Gasteiger partial charge in [0, 0.05) is 11.9 Å². The van der Waals surface area contributed by atoms with Crippen molar-refractivity contribution in [1.82, 2.24) is 4.72 Å². The van der Waals surface area contributed by atoms with Crippen LogP contribution in [-0.4, -0.2) is 26.0 Å². The molecule has 0 aliphatic heterocycles. The van der Waals surface area contributed by atoms with Gasteiger partial charge < -0.3 is 0 Å². The molecule has 1 atom stereocenters. The van der Waals surface area contributed by atoms with Gasteiger partial charge in [-0.2, -0.15) is 0 Å². The minimum Gasteiger partial charge on any atom is -0.215 e. The smallest absolute Gasteiger partial charge is 0.211 e. The van der Waals surface area contributed by atoms with Crippen LogP contribution in [0, 0.1) is 5.92 Å². The van der Waals surface area contributed by atoms with Crippen molar-refractivity contribution >= 4 is 26.0 Å². The van der Waals surface area contributed by atoms with Crippen LogP contribution in [0.1, 0.15) is 26.7 Å². The maximum atomic E-state index is 11.2. The molecule has 0 fully saturated rings. The summed E-state index contributed by atoms with van der Waals surface area (Å²) in [7, 11) is -3.01. The van der Waals surface area contributed by atoms with Crippen LogP contribution in [0.2, 0.25) is 0 Å². The summed E-state index contributed by atoms with van der Waals surface area (Å²) in [5.41, 5.74) is 0. The van der Waals surface area contributed by atoms with E-state index in [1.54, 1.807) is 0 Å². The van der Waals surface area contributed by atoms with Crippen LogP contribution >= 0.6 is 15.9 Å². The van der Waals surface area contributed by atoms with E-state index in [0.717, 1.165) is 11.8 Å². The molecule has 0 bridgehead atoms. The maximum absolute atomic E-state index is 11.2. The topological polar surface area (TPSA) is 46.2 Å². The van der Waals surface area contributed by atoms with Crippen molar-refractivity contribution in [3.8, 4) is 0 Å². The molecular formula is C8H18BrNO2S. The zero-order valence-electron chi connectivity index (χ0n) is 8.22. The number of rotatable bonds is 7. The molecule has 5 heteroatoms. The highest BCUT2D eigenvalue weighted by atomic mass is 79.9. The monoisotopic (exact) mass is 271 g/mol. The summed E-state index contributed by atoms with van der Waals surface area (Å²) in [6.45, 7) is 4.45. The van der Waals surface area contributed by atoms with E-state index in [1.807, 2.05) is 13.8 Å². The number of hydrogen-bond acceptors (Lipinski definition) is 2. The molecule has 0 aliphatic carbocycles. The fraction of sp³-hybridized carbons (Fsp3) is 1.00. The van der Waals surface area contributed by atoms with Gasteiger partial charge in [-0.05, 0) is 18.8 Å². The third-order valence-electron chi connectivity index (χ3n) is 1.73. The van der Waals surface area contributed by atoms with Crippen molar-refractivity contribution in [2.45, 2.75) is 26.7 Å². The van der Waals surface area contributed by atoms with Crippen molar-refractivity contribution in [2.75, 3.05) is 17.6 Å². The second-order valence-corrected chi connectivity index (χ2v) is 5.97. The molecule has 80 valence electrons. The largest absolute Gasteiger partial charge is 0.215 e. The van der Waals surface area contributed by atoms with E-state index in [9.17, 15) is 8.42 Å². The Morgan fingerprint density at radius 1 is 1.46 bits per heavy atom. The number of alkyl halides is 1. The molecule has 0 heterocycles. The Hall–Kier alpha value is 0.390. The molecule has 0 saturated heterocycles. The van der Waals surface area contributed by atoms with E-state index in [4.69, 9.17) is 0 Å². The van der Waals surface area contributed by atoms with E-state index < -0.39 is 10.0 Å². The first-order valence-electron chi connectivity index (χ1n) is 4.55. The molecule has 1 N–H and O–H groups in total. The lowest BCUT2D eigenvalue weighted by Gasteiger charge is -2.10. The normalized spacial score (nSPS) is 14.4. The van der Waals surface area contributed by atoms with Crippen molar-refractivity contribution < 1.29 is 8.42 Å². The molecule has 3 nitrogen and oxygen atoms in total. The van der Waals surface area contributed by atoms with Crippen LogP contribution < -0.4 is 4.72 Å². The molecule has 0 spiro atoms. The van der Waals surface area contributed by atoms with E-state index >= 15 is 0 Å². The van der Waals surface area contributed by atoms with Crippen molar-refractivity contribution in [1.29, 1.82) is 0 Å². The highest BCUT2D eigenvalue weighted by Crippen LogP contribution is 2.03. The number of hydrogen-bond donors (Lipinski definition) is 1. The molecule has 0 aromatic carbocycles. The van der Waals surface area contributed by atoms with Crippen molar-refractivity contribution in [3.05, 3.63) is 0 Å². The van der Waals surface area contributed by atoms with Gasteiger partial charge in [-0.3, -0.25) is 0 Å². The first-order chi connectivity index (χ1) is 6.02. The lowest BCUT2D eigenvalue weighted by Crippen LogP contribution is -2.30. The maximum Gasteiger partial charge on any atom is 0.211 e. The van der Waals surface area contributed by atoms with E-state index in [0.29, 0.717) is 18.9 Å². The van der Waals surface area contributed by atoms with Crippen LogP contribution in [0.15, 0.2) is 0 Å². The van der Waals surface area contributed by atoms with Crippen LogP contribution in [-0.2, 0) is 10.0 Å². The van der Waals surface area contributed by atoms with Gasteiger partial charge in [-0.25, -0.2) is 13.1 Å². The van der Waals surface area contributed by atoms with Gasteiger partial charge >= 0.3 is 0 Å². The zero-order valence-corrected chi connectivity index (χ0v) is 10.6. The highest BCUT2D eigenvalue weighted by Gasteiger charge is 2.09. The lowest BCUT2D eigenvalue weighted by atomic mass is 10.1. The Bertz CT molecular complexity index is 216. The van der Waals surface area contributed by atoms with Gasteiger partial charge in [0.05, 0.1) is 5.75 Å². The van der Waals surface area contributed by atoms with Gasteiger partial charge in [0.2, 0.25) is 10.0 Å². The average molecular weight is 272 g/mol. The summed E-state index contributed by atoms with van der Waals surface area (Å²) in [5.74, 6) is 0.625. The average Bonchev–Trinajstić information content (AvgIpc) is 2.02. The van der Waals surface area contributed by atoms with E-state index in [1.165, 1.54) is 0 Å². The predicted molar refractivity (Wildman–Crippen MR) is 59.7 cm³/mol. The molecule has 1 unspecified atom stereocenters. The molecule has 13 heavy (non-hydrogen) atoms. The fourth-order valence-electron chi connectivity index (χ4n) is 0.898. The van der Waals surface area contributed by atoms with Gasteiger partial charge in [0.15, 0.2) is 0 Å². The standard InChI is InChI=1S/C8H18BrNO2S/c1-3-6-13(11,12)10-7-8(2)4-5-9/h8,10H,3-7H2,1-2H3. The SMILES string of the molecule is CCCS(=O)(=O)NCC(C)CCBr. The Balaban J connectivity index is 3.74. The second-order valence-electron chi connectivity index (χ2n) is 3.25. The minimum absolute atomic E-state index is 0.230. The number of nitrogens with one attached hydrogen (secondary N) is 1. The van der Waals surface area contributed by atoms with Gasteiger partial charge in [-0.15, -0.1) is 0 Å². The predicted octanol–water partition coefficient (Wildman–Crippen LogP) is 1.74. The molecule has 0 aliphatic rings. The fourth-order valence-corrected chi connectivity index (χ4v) is 2.90. The van der Waals surface area contributed by atoms with Crippen LogP contribution in [0.4, 0.5) is 0 Å². The van der Waals surface area contributed by atoms with Gasteiger partial charge in [0.25, 0.3) is 0 Å². The summed E-state index contributed by atoms with van der Waals surface area (Å²) in [6.07, 6.45) is 1.66. The molecule has 0 radical (unpaired) electrons. The summed E-state index contributed by atoms with van der Waals surface area (Å²) in [5, 5.41) is 0.920. The van der Waals surface area contributed by atoms with E-state index in [2.05, 4.69) is 20.7 Å². The quantitative estimate of drug-likeness (QED) is 0.717. The van der Waals surface area contributed by atoms with Gasteiger partial charge in [-0.1, -0.05) is 29.8 Å². The molecule has 0 aromatic rings. The molecule has 0 saturated carbocycles. The Kier molecular flexibility index (Phi) is 6.99. The Morgan fingerprint density at radius 2 is 2.08 bits per heavy atom. The summed E-state index contributed by atoms with van der Waals surface area (Å²) in [4.78, 5) is 0. The third-order valence-corrected chi connectivity index (χ3v) is 3.74. The second kappa shape index (κ2) is 6.79. The van der Waals surface area contributed by atoms with Crippen LogP contribution in [0.25, 0.3) is 0 Å². The van der Waals surface area contributed by atoms with Crippen LogP contribution in [0.3, 0.4) is 0 Å². The third kappa shape index (κ3) is 7.46. The Morgan fingerprint density at radius 3 is 2.54 bits per heavy atom. The first-order valence-corrected chi connectivity index (χ1v) is 7.32. The Labute approximate surface area is 89.5 Å². The first kappa shape index (κ1) is 13.4. The lowest BCUT2D eigenvalue weighted by molar-refractivity contribution is 0.531. The van der Waals surface area contributed by atoms with E-state index in [-0.39, 0.29) is 5.75 Å². The molecule has 0 rings (SSSR count). The summed E-state index contributed by atoms with van der Waals surface area (Å²) >= 11 is 3.32. The zero-order chi connectivity index (χ0) is 10.3. The molecule has 0 amide bonds. The minimum atomic E-state index is -3.01. The number of sulfonamides is 1. The van der Waals surface area contributed by atoms with Crippen molar-refractivity contribution in [3.63, 3.8) is 0 Å². The number of halogens is 1. The van der Waals surface area contributed by atoms with Crippen molar-refractivity contribution in [2.24, 2.45) is 5.92 Å².